The van der Waals surface area contributed by atoms with Crippen LogP contribution in [0.15, 0.2) is 24.3 Å². The Labute approximate surface area is 117 Å². The average Bonchev–Trinajstić information content (AvgIpc) is 2.37. The highest BCUT2D eigenvalue weighted by atomic mass is 19.4. The Morgan fingerprint density at radius 1 is 1.19 bits per heavy atom. The molecule has 1 rings (SSSR count). The number of phenols is 1. The summed E-state index contributed by atoms with van der Waals surface area (Å²) in [5, 5.41) is 19.3. The quantitative estimate of drug-likeness (QED) is 0.796. The third-order valence-corrected chi connectivity index (χ3v) is 2.89. The van der Waals surface area contributed by atoms with Crippen LogP contribution in [0.25, 0.3) is 0 Å². The van der Waals surface area contributed by atoms with Crippen LogP contribution in [0.1, 0.15) is 6.92 Å². The number of aromatic hydroxyl groups is 1. The average molecular weight is 306 g/mol. The number of phenolic OH excluding ortho intramolecular Hbond substituents is 1. The van der Waals surface area contributed by atoms with E-state index in [-0.39, 0.29) is 11.4 Å². The molecule has 9 heteroatoms. The molecular weight excluding hydrogens is 293 g/mol. The number of anilines is 1. The smallest absolute Gasteiger partial charge is 0.422 e. The van der Waals surface area contributed by atoms with Crippen LogP contribution in [-0.2, 0) is 4.79 Å². The van der Waals surface area contributed by atoms with Crippen LogP contribution in [0.3, 0.4) is 0 Å². The van der Waals surface area contributed by atoms with Crippen molar-refractivity contribution >= 4 is 17.7 Å². The van der Waals surface area contributed by atoms with Gasteiger partial charge in [-0.25, -0.2) is 9.59 Å². The monoisotopic (exact) mass is 306 g/mol. The second kappa shape index (κ2) is 5.51. The molecule has 0 aromatic heterocycles. The molecule has 0 fully saturated rings. The normalized spacial score (nSPS) is 14.1. The van der Waals surface area contributed by atoms with Gasteiger partial charge in [-0.2, -0.15) is 13.2 Å². The first-order chi connectivity index (χ1) is 9.49. The van der Waals surface area contributed by atoms with Crippen LogP contribution in [-0.4, -0.2) is 41.0 Å². The van der Waals surface area contributed by atoms with Crippen molar-refractivity contribution in [3.63, 3.8) is 0 Å². The number of carbonyl (C=O) groups is 2. The molecule has 0 bridgehead atoms. The Morgan fingerprint density at radius 3 is 2.05 bits per heavy atom. The van der Waals surface area contributed by atoms with Crippen LogP contribution in [0.5, 0.6) is 5.75 Å². The summed E-state index contributed by atoms with van der Waals surface area (Å²) < 4.78 is 38.4. The summed E-state index contributed by atoms with van der Waals surface area (Å²) in [5.74, 6) is -2.30. The lowest BCUT2D eigenvalue weighted by atomic mass is 10.0. The van der Waals surface area contributed by atoms with Gasteiger partial charge in [0.1, 0.15) is 5.75 Å². The first-order valence-corrected chi connectivity index (χ1v) is 5.64. The number of hydrogen-bond acceptors (Lipinski definition) is 3. The molecule has 116 valence electrons. The number of nitrogens with one attached hydrogen (secondary N) is 1. The highest BCUT2D eigenvalue weighted by molar-refractivity contribution is 5.95. The predicted molar refractivity (Wildman–Crippen MR) is 67.1 cm³/mol. The lowest BCUT2D eigenvalue weighted by molar-refractivity contribution is -0.203. The highest BCUT2D eigenvalue weighted by Gasteiger charge is 2.58. The van der Waals surface area contributed by atoms with E-state index in [1.807, 2.05) is 0 Å². The zero-order chi connectivity index (χ0) is 16.4. The van der Waals surface area contributed by atoms with Gasteiger partial charge in [-0.05, 0) is 31.2 Å². The zero-order valence-corrected chi connectivity index (χ0v) is 11.1. The Balaban J connectivity index is 2.98. The second-order valence-corrected chi connectivity index (χ2v) is 4.43. The van der Waals surface area contributed by atoms with Gasteiger partial charge in [-0.3, -0.25) is 4.90 Å². The predicted octanol–water partition coefficient (Wildman–Crippen LogP) is 1.94. The molecule has 0 heterocycles. The number of carboxylic acids is 1. The van der Waals surface area contributed by atoms with E-state index in [1.54, 1.807) is 0 Å². The summed E-state index contributed by atoms with van der Waals surface area (Å²) in [6.45, 7) is 0.359. The van der Waals surface area contributed by atoms with E-state index in [0.717, 1.165) is 4.90 Å². The van der Waals surface area contributed by atoms with Crippen LogP contribution in [0.2, 0.25) is 0 Å². The minimum Gasteiger partial charge on any atom is -0.508 e. The van der Waals surface area contributed by atoms with Crippen molar-refractivity contribution in [1.29, 1.82) is 0 Å². The van der Waals surface area contributed by atoms with Gasteiger partial charge < -0.3 is 15.5 Å². The largest absolute Gasteiger partial charge is 0.508 e. The molecular formula is C12H13F3N2O4. The summed E-state index contributed by atoms with van der Waals surface area (Å²) in [4.78, 5) is 23.4. The van der Waals surface area contributed by atoms with Gasteiger partial charge in [0.15, 0.2) is 0 Å². The number of halogens is 3. The van der Waals surface area contributed by atoms with Gasteiger partial charge >= 0.3 is 18.2 Å². The van der Waals surface area contributed by atoms with Crippen molar-refractivity contribution in [2.75, 3.05) is 11.9 Å². The second-order valence-electron chi connectivity index (χ2n) is 4.43. The third-order valence-electron chi connectivity index (χ3n) is 2.89. The fourth-order valence-electron chi connectivity index (χ4n) is 1.34. The van der Waals surface area contributed by atoms with Crippen LogP contribution in [0.4, 0.5) is 23.7 Å². The van der Waals surface area contributed by atoms with Gasteiger partial charge in [0, 0.05) is 12.7 Å². The van der Waals surface area contributed by atoms with Crippen molar-refractivity contribution in [2.45, 2.75) is 18.6 Å². The van der Waals surface area contributed by atoms with Gasteiger partial charge in [-0.1, -0.05) is 0 Å². The number of carboxylic acid groups (broad SMARTS) is 1. The molecule has 1 atom stereocenters. The summed E-state index contributed by atoms with van der Waals surface area (Å²) in [6.07, 6.45) is -5.16. The first-order valence-electron chi connectivity index (χ1n) is 5.64. The Bertz CT molecular complexity index is 544. The maximum atomic E-state index is 12.8. The van der Waals surface area contributed by atoms with E-state index in [4.69, 9.17) is 10.2 Å². The number of alkyl halides is 3. The highest BCUT2D eigenvalue weighted by Crippen LogP contribution is 2.30. The molecule has 0 radical (unpaired) electrons. The first kappa shape index (κ1) is 16.6. The molecule has 0 saturated heterocycles. The lowest BCUT2D eigenvalue weighted by Gasteiger charge is -2.30. The number of benzene rings is 1. The fourth-order valence-corrected chi connectivity index (χ4v) is 1.34. The summed E-state index contributed by atoms with van der Waals surface area (Å²) in [7, 11) is 1.17. The molecule has 0 aliphatic heterocycles. The van der Waals surface area contributed by atoms with E-state index in [2.05, 4.69) is 0 Å². The Hall–Kier alpha value is -2.45. The molecule has 3 N–H and O–H groups in total. The van der Waals surface area contributed by atoms with E-state index in [1.165, 1.54) is 36.6 Å². The van der Waals surface area contributed by atoms with E-state index >= 15 is 0 Å². The van der Waals surface area contributed by atoms with Gasteiger partial charge in [0.05, 0.1) is 0 Å². The molecule has 6 nitrogen and oxygen atoms in total. The van der Waals surface area contributed by atoms with Gasteiger partial charge in [0.25, 0.3) is 0 Å². The molecule has 1 aromatic carbocycles. The van der Waals surface area contributed by atoms with Gasteiger partial charge in [-0.15, -0.1) is 0 Å². The molecule has 0 spiro atoms. The minimum absolute atomic E-state index is 0.0850. The number of hydrogen-bond donors (Lipinski definition) is 3. The van der Waals surface area contributed by atoms with Crippen LogP contribution >= 0.6 is 0 Å². The van der Waals surface area contributed by atoms with Crippen molar-refractivity contribution < 1.29 is 33.0 Å². The SMILES string of the molecule is CN(C(=O)NC(C)(C(=O)O)C(F)(F)F)c1ccc(O)cc1. The zero-order valence-electron chi connectivity index (χ0n) is 11.1. The van der Waals surface area contributed by atoms with Crippen molar-refractivity contribution in [3.05, 3.63) is 24.3 Å². The Kier molecular flexibility index (Phi) is 4.35. The van der Waals surface area contributed by atoms with Crippen molar-refractivity contribution in [2.24, 2.45) is 0 Å². The number of aliphatic carboxylic acids is 1. The maximum Gasteiger partial charge on any atom is 0.422 e. The van der Waals surface area contributed by atoms with Crippen LogP contribution < -0.4 is 10.2 Å². The van der Waals surface area contributed by atoms with E-state index in [9.17, 15) is 22.8 Å². The number of nitrogens with zero attached hydrogens (tertiary/aromatic N) is 1. The standard InChI is InChI=1S/C12H13F3N2O4/c1-11(9(19)20,12(13,14)15)16-10(21)17(2)7-3-5-8(18)6-4-7/h3-6,18H,1-2H3,(H,16,21)(H,19,20). The number of carbonyl (C=O) groups excluding carboxylic acids is 1. The third kappa shape index (κ3) is 3.36. The minimum atomic E-state index is -5.16. The topological polar surface area (TPSA) is 89.9 Å². The van der Waals surface area contributed by atoms with E-state index in [0.29, 0.717) is 6.92 Å². The summed E-state index contributed by atoms with van der Waals surface area (Å²) in [5.41, 5.74) is -3.23. The molecule has 0 aliphatic carbocycles. The molecule has 1 unspecified atom stereocenters. The van der Waals surface area contributed by atoms with Gasteiger partial charge in [0.2, 0.25) is 5.54 Å². The molecule has 0 saturated carbocycles. The summed E-state index contributed by atoms with van der Waals surface area (Å²) >= 11 is 0. The molecule has 1 aromatic rings. The lowest BCUT2D eigenvalue weighted by Crippen LogP contribution is -2.63. The fraction of sp³-hybridized carbons (Fsp3) is 0.333. The number of rotatable bonds is 3. The summed E-state index contributed by atoms with van der Waals surface area (Å²) in [6, 6.07) is 3.81. The van der Waals surface area contributed by atoms with Crippen molar-refractivity contribution in [3.8, 4) is 5.75 Å². The molecule has 21 heavy (non-hydrogen) atoms. The molecule has 2 amide bonds. The number of amides is 2. The van der Waals surface area contributed by atoms with Crippen LogP contribution in [0, 0.1) is 0 Å². The maximum absolute atomic E-state index is 12.8. The van der Waals surface area contributed by atoms with E-state index < -0.39 is 23.7 Å². The number of urea groups is 1. The Morgan fingerprint density at radius 2 is 1.67 bits per heavy atom. The van der Waals surface area contributed by atoms with Crippen molar-refractivity contribution in [1.82, 2.24) is 5.32 Å². The molecule has 0 aliphatic rings.